The first kappa shape index (κ1) is 16.7. The maximum absolute atomic E-state index is 12.6. The van der Waals surface area contributed by atoms with E-state index >= 15 is 0 Å². The maximum atomic E-state index is 12.6. The molecule has 2 heterocycles. The van der Waals surface area contributed by atoms with Crippen LogP contribution in [0.4, 0.5) is 16.3 Å². The topological polar surface area (TPSA) is 67.7 Å². The second-order valence-corrected chi connectivity index (χ2v) is 5.91. The zero-order chi connectivity index (χ0) is 18.6. The van der Waals surface area contributed by atoms with Gasteiger partial charge in [-0.1, -0.05) is 42.5 Å². The lowest BCUT2D eigenvalue weighted by atomic mass is 10.1. The van der Waals surface area contributed by atoms with E-state index in [1.54, 1.807) is 19.2 Å². The van der Waals surface area contributed by atoms with Crippen molar-refractivity contribution >= 4 is 23.2 Å². The van der Waals surface area contributed by atoms with E-state index in [-0.39, 0.29) is 6.03 Å². The Hall–Kier alpha value is -3.80. The molecule has 2 aromatic carbocycles. The number of fused-ring (bicyclic) bond motifs is 1. The number of benzene rings is 2. The van der Waals surface area contributed by atoms with E-state index in [0.29, 0.717) is 22.9 Å². The molecule has 0 unspecified atom stereocenters. The Morgan fingerprint density at radius 1 is 0.963 bits per heavy atom. The minimum Gasteiger partial charge on any atom is -0.497 e. The molecule has 6 nitrogen and oxygen atoms in total. The molecule has 0 aliphatic heterocycles. The molecule has 0 saturated carbocycles. The van der Waals surface area contributed by atoms with Gasteiger partial charge in [0.15, 0.2) is 0 Å². The Morgan fingerprint density at radius 2 is 1.78 bits per heavy atom. The van der Waals surface area contributed by atoms with Crippen molar-refractivity contribution in [3.8, 4) is 17.0 Å². The van der Waals surface area contributed by atoms with Gasteiger partial charge < -0.3 is 10.1 Å². The van der Waals surface area contributed by atoms with Gasteiger partial charge in [0, 0.05) is 23.5 Å². The molecule has 4 aromatic rings. The molecule has 2 N–H and O–H groups in total. The van der Waals surface area contributed by atoms with Crippen LogP contribution in [0.5, 0.6) is 5.75 Å². The lowest BCUT2D eigenvalue weighted by Gasteiger charge is -2.10. The standard InChI is InChI=1S/C21H18N4O2/c1-27-17-11-7-10-16(14-17)22-21(26)24-20-19(15-8-3-2-4-9-15)23-18-12-5-6-13-25(18)20/h2-14H,1H3,(H2,22,24,26). The maximum Gasteiger partial charge on any atom is 0.324 e. The number of rotatable bonds is 4. The highest BCUT2D eigenvalue weighted by atomic mass is 16.5. The quantitative estimate of drug-likeness (QED) is 0.558. The molecule has 0 fully saturated rings. The molecule has 27 heavy (non-hydrogen) atoms. The van der Waals surface area contributed by atoms with Gasteiger partial charge >= 0.3 is 6.03 Å². The third-order valence-electron chi connectivity index (χ3n) is 4.14. The van der Waals surface area contributed by atoms with E-state index in [1.165, 1.54) is 0 Å². The van der Waals surface area contributed by atoms with E-state index in [1.807, 2.05) is 71.3 Å². The average Bonchev–Trinajstić information content (AvgIpc) is 3.07. The van der Waals surface area contributed by atoms with Crippen molar-refractivity contribution in [1.29, 1.82) is 0 Å². The van der Waals surface area contributed by atoms with Crippen molar-refractivity contribution in [2.75, 3.05) is 17.7 Å². The van der Waals surface area contributed by atoms with Crippen molar-refractivity contribution in [2.45, 2.75) is 0 Å². The first-order chi connectivity index (χ1) is 13.2. The largest absolute Gasteiger partial charge is 0.497 e. The number of aromatic nitrogens is 2. The molecule has 134 valence electrons. The molecule has 0 radical (unpaired) electrons. The summed E-state index contributed by atoms with van der Waals surface area (Å²) in [5.41, 5.74) is 3.04. The number of imidazole rings is 1. The van der Waals surface area contributed by atoms with Gasteiger partial charge in [-0.25, -0.2) is 9.78 Å². The van der Waals surface area contributed by atoms with Gasteiger partial charge in [-0.15, -0.1) is 0 Å². The lowest BCUT2D eigenvalue weighted by Crippen LogP contribution is -2.20. The summed E-state index contributed by atoms with van der Waals surface area (Å²) in [4.78, 5) is 17.3. The zero-order valence-corrected chi connectivity index (χ0v) is 14.7. The van der Waals surface area contributed by atoms with Crippen LogP contribution in [0.1, 0.15) is 0 Å². The average molecular weight is 358 g/mol. The van der Waals surface area contributed by atoms with Gasteiger partial charge in [0.2, 0.25) is 0 Å². The van der Waals surface area contributed by atoms with Crippen LogP contribution in [0.15, 0.2) is 79.0 Å². The monoisotopic (exact) mass is 358 g/mol. The van der Waals surface area contributed by atoms with E-state index in [4.69, 9.17) is 4.74 Å². The van der Waals surface area contributed by atoms with Gasteiger partial charge in [-0.2, -0.15) is 0 Å². The van der Waals surface area contributed by atoms with Crippen LogP contribution >= 0.6 is 0 Å². The number of carbonyl (C=O) groups excluding carboxylic acids is 1. The molecule has 0 spiro atoms. The predicted octanol–water partition coefficient (Wildman–Crippen LogP) is 4.65. The van der Waals surface area contributed by atoms with E-state index in [9.17, 15) is 4.79 Å². The zero-order valence-electron chi connectivity index (χ0n) is 14.7. The van der Waals surface area contributed by atoms with Crippen molar-refractivity contribution in [3.05, 3.63) is 79.0 Å². The number of anilines is 2. The molecule has 0 saturated heterocycles. The minimum absolute atomic E-state index is 0.355. The highest BCUT2D eigenvalue weighted by Crippen LogP contribution is 2.28. The van der Waals surface area contributed by atoms with Gasteiger partial charge in [-0.05, 0) is 24.3 Å². The molecule has 2 amide bonds. The molecule has 2 aromatic heterocycles. The molecular formula is C21H18N4O2. The summed E-state index contributed by atoms with van der Waals surface area (Å²) < 4.78 is 7.05. The van der Waals surface area contributed by atoms with Crippen LogP contribution < -0.4 is 15.4 Å². The lowest BCUT2D eigenvalue weighted by molar-refractivity contribution is 0.262. The first-order valence-corrected chi connectivity index (χ1v) is 8.49. The van der Waals surface area contributed by atoms with E-state index in [2.05, 4.69) is 15.6 Å². The second-order valence-electron chi connectivity index (χ2n) is 5.91. The summed E-state index contributed by atoms with van der Waals surface area (Å²) in [6.45, 7) is 0. The summed E-state index contributed by atoms with van der Waals surface area (Å²) in [6, 6.07) is 22.3. The Balaban J connectivity index is 1.67. The molecular weight excluding hydrogens is 340 g/mol. The van der Waals surface area contributed by atoms with Gasteiger partial charge in [0.05, 0.1) is 7.11 Å². The number of nitrogens with one attached hydrogen (secondary N) is 2. The van der Waals surface area contributed by atoms with Crippen LogP contribution in [-0.2, 0) is 0 Å². The summed E-state index contributed by atoms with van der Waals surface area (Å²) in [5.74, 6) is 1.28. The number of pyridine rings is 1. The number of amides is 2. The first-order valence-electron chi connectivity index (χ1n) is 8.49. The third kappa shape index (κ3) is 3.46. The number of carbonyl (C=O) groups is 1. The summed E-state index contributed by atoms with van der Waals surface area (Å²) in [7, 11) is 1.59. The summed E-state index contributed by atoms with van der Waals surface area (Å²) >= 11 is 0. The number of methoxy groups -OCH3 is 1. The number of hydrogen-bond donors (Lipinski definition) is 2. The second kappa shape index (κ2) is 7.21. The molecule has 0 bridgehead atoms. The fourth-order valence-corrected chi connectivity index (χ4v) is 2.88. The number of nitrogens with zero attached hydrogens (tertiary/aromatic N) is 2. The van der Waals surface area contributed by atoms with Crippen LogP contribution in [0, 0.1) is 0 Å². The molecule has 0 aliphatic carbocycles. The number of ether oxygens (including phenoxy) is 1. The SMILES string of the molecule is COc1cccc(NC(=O)Nc2c(-c3ccccc3)nc3ccccn23)c1. The minimum atomic E-state index is -0.355. The fourth-order valence-electron chi connectivity index (χ4n) is 2.88. The Labute approximate surface area is 156 Å². The summed E-state index contributed by atoms with van der Waals surface area (Å²) in [5, 5.41) is 5.75. The Kier molecular flexibility index (Phi) is 4.45. The molecule has 4 rings (SSSR count). The smallest absolute Gasteiger partial charge is 0.324 e. The van der Waals surface area contributed by atoms with Crippen LogP contribution in [0.2, 0.25) is 0 Å². The predicted molar refractivity (Wildman–Crippen MR) is 106 cm³/mol. The normalized spacial score (nSPS) is 10.6. The molecule has 0 atom stereocenters. The van der Waals surface area contributed by atoms with Crippen LogP contribution in [0.3, 0.4) is 0 Å². The van der Waals surface area contributed by atoms with E-state index in [0.717, 1.165) is 11.2 Å². The van der Waals surface area contributed by atoms with Gasteiger partial charge in [-0.3, -0.25) is 9.72 Å². The van der Waals surface area contributed by atoms with Crippen LogP contribution in [0.25, 0.3) is 16.9 Å². The highest BCUT2D eigenvalue weighted by Gasteiger charge is 2.16. The number of hydrogen-bond acceptors (Lipinski definition) is 3. The van der Waals surface area contributed by atoms with Crippen molar-refractivity contribution in [1.82, 2.24) is 9.38 Å². The highest BCUT2D eigenvalue weighted by molar-refractivity contribution is 6.01. The Morgan fingerprint density at radius 3 is 2.59 bits per heavy atom. The van der Waals surface area contributed by atoms with Crippen molar-refractivity contribution in [3.63, 3.8) is 0 Å². The Bertz CT molecular complexity index is 1090. The molecule has 6 heteroatoms. The fraction of sp³-hybridized carbons (Fsp3) is 0.0476. The molecule has 0 aliphatic rings. The van der Waals surface area contributed by atoms with Gasteiger partial charge in [0.25, 0.3) is 0 Å². The number of urea groups is 1. The van der Waals surface area contributed by atoms with Gasteiger partial charge in [0.1, 0.15) is 22.9 Å². The van der Waals surface area contributed by atoms with Crippen molar-refractivity contribution in [2.24, 2.45) is 0 Å². The third-order valence-corrected chi connectivity index (χ3v) is 4.14. The van der Waals surface area contributed by atoms with E-state index < -0.39 is 0 Å². The van der Waals surface area contributed by atoms with Crippen LogP contribution in [-0.4, -0.2) is 22.5 Å². The summed E-state index contributed by atoms with van der Waals surface area (Å²) in [6.07, 6.45) is 1.87. The van der Waals surface area contributed by atoms with Crippen molar-refractivity contribution < 1.29 is 9.53 Å².